The highest BCUT2D eigenvalue weighted by atomic mass is 79.9. The maximum atomic E-state index is 13.7. The Morgan fingerprint density at radius 1 is 1.16 bits per heavy atom. The third-order valence-electron chi connectivity index (χ3n) is 3.09. The number of anilines is 1. The van der Waals surface area contributed by atoms with Crippen LogP contribution in [0.3, 0.4) is 0 Å². The van der Waals surface area contributed by atoms with E-state index in [0.717, 1.165) is 20.9 Å². The lowest BCUT2D eigenvalue weighted by molar-refractivity contribution is 0.629. The molecule has 0 radical (unpaired) electrons. The topological polar surface area (TPSA) is 27.8 Å². The van der Waals surface area contributed by atoms with Gasteiger partial charge in [-0.05, 0) is 35.9 Å². The number of halogens is 2. The van der Waals surface area contributed by atoms with Crippen molar-refractivity contribution in [3.05, 3.63) is 64.5 Å². The van der Waals surface area contributed by atoms with Crippen LogP contribution in [0.15, 0.2) is 53.1 Å². The third-order valence-corrected chi connectivity index (χ3v) is 3.58. The van der Waals surface area contributed by atoms with Crippen LogP contribution < -0.4 is 5.32 Å². The molecule has 1 aromatic heterocycles. The lowest BCUT2D eigenvalue weighted by Gasteiger charge is -2.09. The van der Waals surface area contributed by atoms with Crippen molar-refractivity contribution in [3.63, 3.8) is 0 Å². The van der Waals surface area contributed by atoms with Crippen LogP contribution in [0, 0.1) is 5.82 Å². The Morgan fingerprint density at radius 2 is 2.05 bits per heavy atom. The minimum atomic E-state index is -0.254. The molecule has 19 heavy (non-hydrogen) atoms. The molecule has 4 heteroatoms. The second-order valence-corrected chi connectivity index (χ2v) is 5.25. The molecule has 3 rings (SSSR count). The summed E-state index contributed by atoms with van der Waals surface area (Å²) in [5, 5.41) is 4.29. The lowest BCUT2D eigenvalue weighted by atomic mass is 10.1. The Labute approximate surface area is 118 Å². The van der Waals surface area contributed by atoms with Crippen LogP contribution in [-0.4, -0.2) is 4.98 Å². The molecule has 0 saturated heterocycles. The normalized spacial score (nSPS) is 10.8. The van der Waals surface area contributed by atoms with Gasteiger partial charge >= 0.3 is 0 Å². The molecule has 0 bridgehead atoms. The molecular formula is C15H12BrFN2. The molecule has 96 valence electrons. The number of hydrogen-bond acceptors (Lipinski definition) is 1. The van der Waals surface area contributed by atoms with E-state index in [0.29, 0.717) is 12.2 Å². The van der Waals surface area contributed by atoms with E-state index in [4.69, 9.17) is 0 Å². The van der Waals surface area contributed by atoms with Gasteiger partial charge in [-0.2, -0.15) is 0 Å². The van der Waals surface area contributed by atoms with Gasteiger partial charge in [-0.15, -0.1) is 0 Å². The molecule has 0 aliphatic heterocycles. The Hall–Kier alpha value is -1.81. The van der Waals surface area contributed by atoms with E-state index in [-0.39, 0.29) is 5.82 Å². The van der Waals surface area contributed by atoms with Gasteiger partial charge in [-0.1, -0.05) is 28.1 Å². The van der Waals surface area contributed by atoms with E-state index in [1.54, 1.807) is 6.07 Å². The summed E-state index contributed by atoms with van der Waals surface area (Å²) >= 11 is 3.25. The number of aromatic nitrogens is 1. The van der Waals surface area contributed by atoms with Crippen LogP contribution in [0.1, 0.15) is 5.56 Å². The molecule has 0 atom stereocenters. The molecule has 1 heterocycles. The molecule has 2 N–H and O–H groups in total. The average molecular weight is 319 g/mol. The maximum Gasteiger partial charge on any atom is 0.147 e. The fraction of sp³-hybridized carbons (Fsp3) is 0.0667. The summed E-state index contributed by atoms with van der Waals surface area (Å²) in [6.45, 7) is 0.591. The smallest absolute Gasteiger partial charge is 0.147 e. The van der Waals surface area contributed by atoms with E-state index >= 15 is 0 Å². The minimum absolute atomic E-state index is 0.254. The first-order chi connectivity index (χ1) is 9.24. The van der Waals surface area contributed by atoms with Crippen molar-refractivity contribution in [3.8, 4) is 0 Å². The van der Waals surface area contributed by atoms with Gasteiger partial charge in [-0.25, -0.2) is 4.39 Å². The summed E-state index contributed by atoms with van der Waals surface area (Å²) in [6.07, 6.45) is 1.91. The predicted octanol–water partition coefficient (Wildman–Crippen LogP) is 4.68. The molecule has 0 amide bonds. The number of rotatable bonds is 3. The Morgan fingerprint density at radius 3 is 2.89 bits per heavy atom. The van der Waals surface area contributed by atoms with Crippen LogP contribution >= 0.6 is 15.9 Å². The van der Waals surface area contributed by atoms with Gasteiger partial charge in [0, 0.05) is 28.1 Å². The molecule has 3 aromatic rings. The molecule has 2 nitrogen and oxygen atoms in total. The van der Waals surface area contributed by atoms with Crippen LogP contribution in [0.4, 0.5) is 10.1 Å². The highest BCUT2D eigenvalue weighted by molar-refractivity contribution is 9.10. The van der Waals surface area contributed by atoms with Crippen molar-refractivity contribution in [1.29, 1.82) is 0 Å². The first kappa shape index (κ1) is 12.2. The van der Waals surface area contributed by atoms with Crippen molar-refractivity contribution in [2.45, 2.75) is 6.54 Å². The molecule has 0 aliphatic rings. The monoisotopic (exact) mass is 318 g/mol. The zero-order valence-corrected chi connectivity index (χ0v) is 11.7. The first-order valence-corrected chi connectivity index (χ1v) is 6.77. The van der Waals surface area contributed by atoms with E-state index in [1.165, 1.54) is 6.07 Å². The third kappa shape index (κ3) is 2.49. The van der Waals surface area contributed by atoms with Gasteiger partial charge in [0.1, 0.15) is 5.82 Å². The van der Waals surface area contributed by atoms with E-state index in [2.05, 4.69) is 26.2 Å². The van der Waals surface area contributed by atoms with Crippen molar-refractivity contribution in [1.82, 2.24) is 4.98 Å². The maximum absolute atomic E-state index is 13.7. The fourth-order valence-corrected chi connectivity index (χ4v) is 2.46. The number of nitrogens with one attached hydrogen (secondary N) is 2. The molecule has 0 unspecified atom stereocenters. The molecule has 0 aliphatic carbocycles. The summed E-state index contributed by atoms with van der Waals surface area (Å²) in [4.78, 5) is 3.17. The molecule has 2 aromatic carbocycles. The van der Waals surface area contributed by atoms with Crippen LogP contribution in [-0.2, 0) is 6.54 Å². The van der Waals surface area contributed by atoms with Gasteiger partial charge in [-0.3, -0.25) is 0 Å². The largest absolute Gasteiger partial charge is 0.379 e. The van der Waals surface area contributed by atoms with E-state index < -0.39 is 0 Å². The summed E-state index contributed by atoms with van der Waals surface area (Å²) in [5.74, 6) is -0.254. The first-order valence-electron chi connectivity index (χ1n) is 5.98. The second kappa shape index (κ2) is 5.05. The summed E-state index contributed by atoms with van der Waals surface area (Å²) in [5.41, 5.74) is 2.74. The zero-order valence-electron chi connectivity index (χ0n) is 10.1. The molecule has 0 saturated carbocycles. The average Bonchev–Trinajstić information content (AvgIpc) is 2.86. The van der Waals surface area contributed by atoms with Crippen molar-refractivity contribution in [2.75, 3.05) is 5.32 Å². The second-order valence-electron chi connectivity index (χ2n) is 4.33. The standard InChI is InChI=1S/C15H12BrFN2/c16-11-4-5-15(13(17)8-11)19-9-10-2-1-3-14-12(10)6-7-18-14/h1-8,18-19H,9H2. The van der Waals surface area contributed by atoms with Gasteiger partial charge in [0.05, 0.1) is 5.69 Å². The minimum Gasteiger partial charge on any atom is -0.379 e. The van der Waals surface area contributed by atoms with Crippen LogP contribution in [0.25, 0.3) is 10.9 Å². The lowest BCUT2D eigenvalue weighted by Crippen LogP contribution is -2.01. The van der Waals surface area contributed by atoms with Crippen molar-refractivity contribution >= 4 is 32.5 Å². The Balaban J connectivity index is 1.84. The number of aromatic amines is 1. The van der Waals surface area contributed by atoms with Gasteiger partial charge in [0.25, 0.3) is 0 Å². The molecule has 0 spiro atoms. The predicted molar refractivity (Wildman–Crippen MR) is 79.7 cm³/mol. The highest BCUT2D eigenvalue weighted by Crippen LogP contribution is 2.22. The number of H-pyrrole nitrogens is 1. The summed E-state index contributed by atoms with van der Waals surface area (Å²) < 4.78 is 14.4. The molecular weight excluding hydrogens is 307 g/mol. The van der Waals surface area contributed by atoms with Crippen LogP contribution in [0.5, 0.6) is 0 Å². The number of benzene rings is 2. The Bertz CT molecular complexity index is 721. The number of hydrogen-bond donors (Lipinski definition) is 2. The highest BCUT2D eigenvalue weighted by Gasteiger charge is 2.04. The zero-order chi connectivity index (χ0) is 13.2. The van der Waals surface area contributed by atoms with E-state index in [1.807, 2.05) is 36.5 Å². The van der Waals surface area contributed by atoms with Gasteiger partial charge in [0.15, 0.2) is 0 Å². The van der Waals surface area contributed by atoms with Gasteiger partial charge in [0.2, 0.25) is 0 Å². The van der Waals surface area contributed by atoms with E-state index in [9.17, 15) is 4.39 Å². The fourth-order valence-electron chi connectivity index (χ4n) is 2.13. The van der Waals surface area contributed by atoms with Gasteiger partial charge < -0.3 is 10.3 Å². The Kier molecular flexibility index (Phi) is 3.25. The van der Waals surface area contributed by atoms with Crippen molar-refractivity contribution < 1.29 is 4.39 Å². The molecule has 0 fully saturated rings. The number of fused-ring (bicyclic) bond motifs is 1. The van der Waals surface area contributed by atoms with Crippen LogP contribution in [0.2, 0.25) is 0 Å². The quantitative estimate of drug-likeness (QED) is 0.721. The summed E-state index contributed by atoms with van der Waals surface area (Å²) in [7, 11) is 0. The summed E-state index contributed by atoms with van der Waals surface area (Å²) in [6, 6.07) is 13.1. The van der Waals surface area contributed by atoms with Crippen molar-refractivity contribution in [2.24, 2.45) is 0 Å². The SMILES string of the molecule is Fc1cc(Br)ccc1NCc1cccc2[nH]ccc12.